The summed E-state index contributed by atoms with van der Waals surface area (Å²) in [5, 5.41) is 9.50. The van der Waals surface area contributed by atoms with E-state index in [1.807, 2.05) is 6.08 Å². The zero-order valence-electron chi connectivity index (χ0n) is 21.8. The summed E-state index contributed by atoms with van der Waals surface area (Å²) in [6.45, 7) is 8.53. The normalized spacial score (nSPS) is 13.2. The van der Waals surface area contributed by atoms with E-state index >= 15 is 0 Å². The van der Waals surface area contributed by atoms with Crippen molar-refractivity contribution < 1.29 is 0 Å². The molecule has 36 heavy (non-hydrogen) atoms. The molecule has 0 N–H and O–H groups in total. The third-order valence-corrected chi connectivity index (χ3v) is 8.15. The smallest absolute Gasteiger partial charge is 0.0950 e. The van der Waals surface area contributed by atoms with Gasteiger partial charge in [0.25, 0.3) is 0 Å². The predicted molar refractivity (Wildman–Crippen MR) is 155 cm³/mol. The van der Waals surface area contributed by atoms with Crippen molar-refractivity contribution in [3.8, 4) is 16.5 Å². The monoisotopic (exact) mass is 489 g/mol. The van der Waals surface area contributed by atoms with Gasteiger partial charge in [-0.1, -0.05) is 97.8 Å². The standard InChI is InChI=1S/C34H35NS/c1-5-26(4)32(23-35)22-33-18-19-34(36-33)30-16-12-28(13-17-30)21-31(29-14-8-25(3)9-15-29)20-27-10-6-24(2)7-11-27/h6-19,22,26,31H,5,20-21H2,1-4H3/b32-22+. The summed E-state index contributed by atoms with van der Waals surface area (Å²) in [6, 6.07) is 33.7. The van der Waals surface area contributed by atoms with Crippen molar-refractivity contribution in [3.63, 3.8) is 0 Å². The van der Waals surface area contributed by atoms with Crippen LogP contribution < -0.4 is 0 Å². The third-order valence-electron chi connectivity index (χ3n) is 7.07. The quantitative estimate of drug-likeness (QED) is 0.215. The van der Waals surface area contributed by atoms with Crippen molar-refractivity contribution in [2.45, 2.75) is 52.9 Å². The zero-order chi connectivity index (χ0) is 25.5. The summed E-state index contributed by atoms with van der Waals surface area (Å²) in [4.78, 5) is 2.38. The van der Waals surface area contributed by atoms with E-state index in [4.69, 9.17) is 0 Å². The van der Waals surface area contributed by atoms with Crippen molar-refractivity contribution in [1.82, 2.24) is 0 Å². The Morgan fingerprint density at radius 2 is 1.36 bits per heavy atom. The zero-order valence-corrected chi connectivity index (χ0v) is 22.6. The Morgan fingerprint density at radius 1 is 0.806 bits per heavy atom. The molecule has 1 nitrogen and oxygen atoms in total. The van der Waals surface area contributed by atoms with E-state index in [2.05, 4.69) is 119 Å². The Labute approximate surface area is 220 Å². The summed E-state index contributed by atoms with van der Waals surface area (Å²) in [5.41, 5.74) is 8.83. The highest BCUT2D eigenvalue weighted by Crippen LogP contribution is 2.32. The van der Waals surface area contributed by atoms with Crippen molar-refractivity contribution >= 4 is 17.4 Å². The lowest BCUT2D eigenvalue weighted by Gasteiger charge is -2.19. The summed E-state index contributed by atoms with van der Waals surface area (Å²) in [7, 11) is 0. The summed E-state index contributed by atoms with van der Waals surface area (Å²) in [5.74, 6) is 0.726. The Balaban J connectivity index is 1.52. The maximum absolute atomic E-state index is 9.50. The molecule has 1 heterocycles. The van der Waals surface area contributed by atoms with E-state index in [9.17, 15) is 5.26 Å². The van der Waals surface area contributed by atoms with Gasteiger partial charge in [-0.05, 0) is 85.4 Å². The number of aryl methyl sites for hydroxylation is 2. The molecular formula is C34H35NS. The molecule has 182 valence electrons. The van der Waals surface area contributed by atoms with Crippen LogP contribution in [-0.2, 0) is 12.8 Å². The van der Waals surface area contributed by atoms with Crippen LogP contribution >= 0.6 is 11.3 Å². The molecular weight excluding hydrogens is 454 g/mol. The summed E-state index contributed by atoms with van der Waals surface area (Å²) >= 11 is 1.75. The number of allylic oxidation sites excluding steroid dienone is 1. The molecule has 2 heteroatoms. The van der Waals surface area contributed by atoms with E-state index in [1.54, 1.807) is 11.3 Å². The Bertz CT molecular complexity index is 1330. The molecule has 2 unspecified atom stereocenters. The number of hydrogen-bond acceptors (Lipinski definition) is 2. The first-order chi connectivity index (χ1) is 17.4. The highest BCUT2D eigenvalue weighted by molar-refractivity contribution is 7.16. The minimum absolute atomic E-state index is 0.293. The minimum Gasteiger partial charge on any atom is -0.193 e. The van der Waals surface area contributed by atoms with Crippen LogP contribution in [0, 0.1) is 31.1 Å². The number of rotatable bonds is 9. The highest BCUT2D eigenvalue weighted by atomic mass is 32.1. The average molecular weight is 490 g/mol. The van der Waals surface area contributed by atoms with Crippen LogP contribution in [0.5, 0.6) is 0 Å². The lowest BCUT2D eigenvalue weighted by Crippen LogP contribution is -2.07. The molecule has 0 fully saturated rings. The first kappa shape index (κ1) is 25.7. The Morgan fingerprint density at radius 3 is 1.92 bits per heavy atom. The molecule has 2 atom stereocenters. The van der Waals surface area contributed by atoms with Gasteiger partial charge in [-0.3, -0.25) is 0 Å². The molecule has 0 aliphatic rings. The van der Waals surface area contributed by atoms with Gasteiger partial charge in [0.05, 0.1) is 6.07 Å². The largest absolute Gasteiger partial charge is 0.193 e. The molecule has 0 spiro atoms. The first-order valence-electron chi connectivity index (χ1n) is 12.9. The van der Waals surface area contributed by atoms with Crippen LogP contribution in [0.2, 0.25) is 0 Å². The second kappa shape index (κ2) is 12.0. The molecule has 0 amide bonds. The van der Waals surface area contributed by atoms with Crippen LogP contribution in [0.3, 0.4) is 0 Å². The summed E-state index contributed by atoms with van der Waals surface area (Å²) in [6.07, 6.45) is 5.07. The number of nitrogens with zero attached hydrogens (tertiary/aromatic N) is 1. The van der Waals surface area contributed by atoms with Gasteiger partial charge >= 0.3 is 0 Å². The second-order valence-corrected chi connectivity index (χ2v) is 11.0. The predicted octanol–water partition coefficient (Wildman–Crippen LogP) is 9.55. The van der Waals surface area contributed by atoms with Crippen molar-refractivity contribution in [1.29, 1.82) is 5.26 Å². The maximum atomic E-state index is 9.50. The van der Waals surface area contributed by atoms with Crippen LogP contribution in [0.1, 0.15) is 58.9 Å². The molecule has 4 rings (SSSR count). The van der Waals surface area contributed by atoms with E-state index in [1.165, 1.54) is 38.3 Å². The lowest BCUT2D eigenvalue weighted by atomic mass is 9.86. The SMILES string of the molecule is CCC(C)/C(C#N)=C/c1ccc(-c2ccc(CC(Cc3ccc(C)cc3)c3ccc(C)cc3)cc2)s1. The molecule has 1 aromatic heterocycles. The highest BCUT2D eigenvalue weighted by Gasteiger charge is 2.14. The number of hydrogen-bond donors (Lipinski definition) is 0. The van der Waals surface area contributed by atoms with E-state index in [0.29, 0.717) is 11.8 Å². The first-order valence-corrected chi connectivity index (χ1v) is 13.7. The maximum Gasteiger partial charge on any atom is 0.0950 e. The Hall–Kier alpha value is -3.41. The second-order valence-electron chi connectivity index (χ2n) is 9.92. The minimum atomic E-state index is 0.293. The van der Waals surface area contributed by atoms with E-state index < -0.39 is 0 Å². The summed E-state index contributed by atoms with van der Waals surface area (Å²) < 4.78 is 0. The van der Waals surface area contributed by atoms with Gasteiger partial charge in [-0.2, -0.15) is 5.26 Å². The lowest BCUT2D eigenvalue weighted by molar-refractivity contribution is 0.677. The molecule has 0 bridgehead atoms. The van der Waals surface area contributed by atoms with Crippen molar-refractivity contribution in [3.05, 3.63) is 123 Å². The molecule has 0 aliphatic heterocycles. The van der Waals surface area contributed by atoms with Crippen LogP contribution in [-0.4, -0.2) is 0 Å². The van der Waals surface area contributed by atoms with Gasteiger partial charge in [0.2, 0.25) is 0 Å². The molecule has 0 saturated heterocycles. The number of thiophene rings is 1. The molecule has 0 radical (unpaired) electrons. The molecule has 3 aromatic carbocycles. The number of benzene rings is 3. The fourth-order valence-corrected chi connectivity index (χ4v) is 5.45. The Kier molecular flexibility index (Phi) is 8.57. The third kappa shape index (κ3) is 6.62. The van der Waals surface area contributed by atoms with Crippen LogP contribution in [0.15, 0.2) is 90.5 Å². The van der Waals surface area contributed by atoms with Gasteiger partial charge in [0, 0.05) is 15.3 Å². The number of nitriles is 1. The molecule has 4 aromatic rings. The fourth-order valence-electron chi connectivity index (χ4n) is 4.49. The van der Waals surface area contributed by atoms with Crippen LogP contribution in [0.25, 0.3) is 16.5 Å². The molecule has 0 aliphatic carbocycles. The van der Waals surface area contributed by atoms with E-state index in [-0.39, 0.29) is 0 Å². The van der Waals surface area contributed by atoms with Gasteiger partial charge in [0.15, 0.2) is 0 Å². The van der Waals surface area contributed by atoms with Crippen molar-refractivity contribution in [2.75, 3.05) is 0 Å². The fraction of sp³-hybridized carbons (Fsp3) is 0.265. The average Bonchev–Trinajstić information content (AvgIpc) is 3.37. The van der Waals surface area contributed by atoms with Crippen molar-refractivity contribution in [2.24, 2.45) is 5.92 Å². The van der Waals surface area contributed by atoms with Gasteiger partial charge < -0.3 is 0 Å². The van der Waals surface area contributed by atoms with Gasteiger partial charge in [-0.15, -0.1) is 11.3 Å². The van der Waals surface area contributed by atoms with Crippen LogP contribution in [0.4, 0.5) is 0 Å². The van der Waals surface area contributed by atoms with Gasteiger partial charge in [0.1, 0.15) is 0 Å². The van der Waals surface area contributed by atoms with E-state index in [0.717, 1.165) is 29.7 Å². The molecule has 0 saturated carbocycles. The van der Waals surface area contributed by atoms with Gasteiger partial charge in [-0.25, -0.2) is 0 Å². The topological polar surface area (TPSA) is 23.8 Å².